The minimum Gasteiger partial charge on any atom is -0.382 e. The van der Waals surface area contributed by atoms with Crippen LogP contribution in [-0.2, 0) is 0 Å². The molecule has 1 N–H and O–H groups in total. The third-order valence-corrected chi connectivity index (χ3v) is 5.26. The van der Waals surface area contributed by atoms with Crippen LogP contribution >= 0.6 is 22.9 Å². The van der Waals surface area contributed by atoms with Crippen molar-refractivity contribution in [1.29, 1.82) is 0 Å². The second-order valence-electron chi connectivity index (χ2n) is 5.63. The molecule has 1 heterocycles. The number of nitrogens with one attached hydrogen (secondary N) is 1. The second-order valence-corrected chi connectivity index (χ2v) is 6.92. The third kappa shape index (κ3) is 2.87. The summed E-state index contributed by atoms with van der Waals surface area (Å²) < 4.78 is 1.20. The van der Waals surface area contributed by atoms with Crippen molar-refractivity contribution in [2.75, 3.05) is 11.9 Å². The lowest BCUT2D eigenvalue weighted by atomic mass is 9.83. The van der Waals surface area contributed by atoms with Crippen molar-refractivity contribution < 1.29 is 0 Å². The van der Waals surface area contributed by atoms with Crippen LogP contribution in [0.1, 0.15) is 32.6 Å². The lowest BCUT2D eigenvalue weighted by Crippen LogP contribution is -2.20. The first-order valence-electron chi connectivity index (χ1n) is 6.99. The van der Waals surface area contributed by atoms with Gasteiger partial charge in [-0.3, -0.25) is 0 Å². The number of hydrogen-bond acceptors (Lipinski definition) is 3. The predicted molar refractivity (Wildman–Crippen MR) is 84.2 cm³/mol. The van der Waals surface area contributed by atoms with Crippen molar-refractivity contribution in [3.05, 3.63) is 22.7 Å². The molecule has 0 bridgehead atoms. The summed E-state index contributed by atoms with van der Waals surface area (Å²) in [6, 6.07) is 4.01. The third-order valence-electron chi connectivity index (χ3n) is 4.15. The number of fused-ring (bicyclic) bond motifs is 1. The lowest BCUT2D eigenvalue weighted by molar-refractivity contribution is 0.300. The van der Waals surface area contributed by atoms with E-state index in [1.165, 1.54) is 30.4 Å². The Hall–Kier alpha value is -0.800. The summed E-state index contributed by atoms with van der Waals surface area (Å²) in [5.74, 6) is 1.68. The van der Waals surface area contributed by atoms with Gasteiger partial charge < -0.3 is 5.32 Å². The van der Waals surface area contributed by atoms with E-state index in [0.717, 1.165) is 34.6 Å². The highest BCUT2D eigenvalue weighted by molar-refractivity contribution is 7.16. The van der Waals surface area contributed by atoms with Crippen molar-refractivity contribution in [2.45, 2.75) is 32.6 Å². The molecule has 1 fully saturated rings. The second kappa shape index (κ2) is 5.68. The molecule has 1 saturated carbocycles. The molecule has 0 radical (unpaired) electrons. The molecule has 2 nitrogen and oxygen atoms in total. The van der Waals surface area contributed by atoms with Gasteiger partial charge in [-0.1, -0.05) is 31.4 Å². The van der Waals surface area contributed by atoms with Gasteiger partial charge in [0.1, 0.15) is 5.52 Å². The van der Waals surface area contributed by atoms with Crippen molar-refractivity contribution in [2.24, 2.45) is 11.8 Å². The number of halogens is 1. The van der Waals surface area contributed by atoms with Gasteiger partial charge in [0, 0.05) is 6.54 Å². The summed E-state index contributed by atoms with van der Waals surface area (Å²) >= 11 is 7.97. The number of hydrogen-bond donors (Lipinski definition) is 1. The number of benzene rings is 1. The normalized spacial score (nSPS) is 23.7. The molecule has 0 saturated heterocycles. The molecule has 0 unspecified atom stereocenters. The van der Waals surface area contributed by atoms with E-state index in [-0.39, 0.29) is 0 Å². The molecule has 0 amide bonds. The van der Waals surface area contributed by atoms with E-state index in [9.17, 15) is 0 Å². The molecule has 2 aromatic rings. The van der Waals surface area contributed by atoms with Crippen molar-refractivity contribution in [3.63, 3.8) is 0 Å². The maximum atomic E-state index is 6.30. The molecule has 4 heteroatoms. The summed E-state index contributed by atoms with van der Waals surface area (Å²) in [6.45, 7) is 3.37. The van der Waals surface area contributed by atoms with Crippen LogP contribution in [0.5, 0.6) is 0 Å². The highest BCUT2D eigenvalue weighted by Crippen LogP contribution is 2.34. The number of anilines is 1. The van der Waals surface area contributed by atoms with Crippen LogP contribution in [0.2, 0.25) is 5.02 Å². The van der Waals surface area contributed by atoms with Crippen LogP contribution in [-0.4, -0.2) is 11.5 Å². The molecule has 0 aliphatic heterocycles. The van der Waals surface area contributed by atoms with Gasteiger partial charge in [0.05, 0.1) is 20.9 Å². The van der Waals surface area contributed by atoms with Gasteiger partial charge in [-0.25, -0.2) is 4.98 Å². The van der Waals surface area contributed by atoms with E-state index in [1.54, 1.807) is 11.3 Å². The van der Waals surface area contributed by atoms with Gasteiger partial charge in [0.15, 0.2) is 0 Å². The van der Waals surface area contributed by atoms with Crippen molar-refractivity contribution in [1.82, 2.24) is 4.98 Å². The Labute approximate surface area is 123 Å². The Morgan fingerprint density at radius 3 is 2.89 bits per heavy atom. The number of aromatic nitrogens is 1. The fourth-order valence-electron chi connectivity index (χ4n) is 2.85. The highest BCUT2D eigenvalue weighted by Gasteiger charge is 2.18. The first kappa shape index (κ1) is 13.2. The quantitative estimate of drug-likeness (QED) is 0.843. The molecule has 0 spiro atoms. The van der Waals surface area contributed by atoms with Crippen LogP contribution in [0.4, 0.5) is 5.69 Å². The Morgan fingerprint density at radius 1 is 1.32 bits per heavy atom. The summed E-state index contributed by atoms with van der Waals surface area (Å²) in [5, 5.41) is 4.32. The largest absolute Gasteiger partial charge is 0.382 e. The van der Waals surface area contributed by atoms with Gasteiger partial charge in [-0.05, 0) is 36.8 Å². The van der Waals surface area contributed by atoms with E-state index in [1.807, 2.05) is 17.6 Å². The summed E-state index contributed by atoms with van der Waals surface area (Å²) in [7, 11) is 0. The molecule has 102 valence electrons. The Kier molecular flexibility index (Phi) is 3.94. The minimum atomic E-state index is 0.779. The maximum Gasteiger partial charge on any atom is 0.106 e. The summed E-state index contributed by atoms with van der Waals surface area (Å²) in [4.78, 5) is 4.43. The maximum absolute atomic E-state index is 6.30. The lowest BCUT2D eigenvalue weighted by Gasteiger charge is -2.26. The fraction of sp³-hybridized carbons (Fsp3) is 0.533. The van der Waals surface area contributed by atoms with Crippen LogP contribution in [0, 0.1) is 11.8 Å². The summed E-state index contributed by atoms with van der Waals surface area (Å²) in [6.07, 6.45) is 5.39. The zero-order valence-corrected chi connectivity index (χ0v) is 12.7. The predicted octanol–water partition coefficient (Wildman–Crippen LogP) is 5.19. The Balaban J connectivity index is 1.71. The first-order chi connectivity index (χ1) is 9.24. The number of rotatable bonds is 3. The average Bonchev–Trinajstić information content (AvgIpc) is 2.88. The van der Waals surface area contributed by atoms with E-state index in [2.05, 4.69) is 17.2 Å². The van der Waals surface area contributed by atoms with Crippen molar-refractivity contribution in [3.8, 4) is 0 Å². The molecule has 1 aromatic carbocycles. The topological polar surface area (TPSA) is 24.9 Å². The van der Waals surface area contributed by atoms with Gasteiger partial charge >= 0.3 is 0 Å². The molecule has 1 aliphatic rings. The van der Waals surface area contributed by atoms with Gasteiger partial charge in [0.2, 0.25) is 0 Å². The van der Waals surface area contributed by atoms with Gasteiger partial charge in [-0.2, -0.15) is 0 Å². The standard InChI is InChI=1S/C15H19ClN2S/c1-10-2-4-11(5-3-10)8-17-14-12(16)6-7-13-15(14)18-9-19-13/h6-7,9-11,17H,2-5,8H2,1H3. The SMILES string of the molecule is CC1CCC(CNc2c(Cl)ccc3scnc23)CC1. The number of thiazole rings is 1. The molecule has 1 aromatic heterocycles. The van der Waals surface area contributed by atoms with Crippen molar-refractivity contribution >= 4 is 38.8 Å². The molecule has 19 heavy (non-hydrogen) atoms. The van der Waals surface area contributed by atoms with E-state index in [4.69, 9.17) is 11.6 Å². The molecular formula is C15H19ClN2S. The van der Waals surface area contributed by atoms with E-state index < -0.39 is 0 Å². The fourth-order valence-corrected chi connectivity index (χ4v) is 3.76. The molecular weight excluding hydrogens is 276 g/mol. The zero-order chi connectivity index (χ0) is 13.2. The average molecular weight is 295 g/mol. The smallest absolute Gasteiger partial charge is 0.106 e. The Bertz CT molecular complexity index is 558. The van der Waals surface area contributed by atoms with E-state index >= 15 is 0 Å². The first-order valence-corrected chi connectivity index (χ1v) is 8.25. The van der Waals surface area contributed by atoms with Crippen LogP contribution < -0.4 is 5.32 Å². The number of nitrogens with zero attached hydrogens (tertiary/aromatic N) is 1. The highest BCUT2D eigenvalue weighted by atomic mass is 35.5. The van der Waals surface area contributed by atoms with Gasteiger partial charge in [-0.15, -0.1) is 11.3 Å². The van der Waals surface area contributed by atoms with E-state index in [0.29, 0.717) is 0 Å². The summed E-state index contributed by atoms with van der Waals surface area (Å²) in [5.41, 5.74) is 3.91. The molecule has 3 rings (SSSR count). The molecule has 1 aliphatic carbocycles. The van der Waals surface area contributed by atoms with Crippen LogP contribution in [0.15, 0.2) is 17.6 Å². The Morgan fingerprint density at radius 2 is 2.11 bits per heavy atom. The minimum absolute atomic E-state index is 0.779. The molecule has 0 atom stereocenters. The zero-order valence-electron chi connectivity index (χ0n) is 11.2. The van der Waals surface area contributed by atoms with Crippen LogP contribution in [0.3, 0.4) is 0 Å². The van der Waals surface area contributed by atoms with Crippen LogP contribution in [0.25, 0.3) is 10.2 Å². The monoisotopic (exact) mass is 294 g/mol. The van der Waals surface area contributed by atoms with Gasteiger partial charge in [0.25, 0.3) is 0 Å².